The highest BCUT2D eigenvalue weighted by Gasteiger charge is 2.33. The normalized spacial score (nSPS) is 24.5. The van der Waals surface area contributed by atoms with Crippen molar-refractivity contribution in [3.8, 4) is 16.9 Å². The molecule has 2 aliphatic rings. The number of hydrogen-bond donors (Lipinski definition) is 0. The minimum absolute atomic E-state index is 0.0385. The molecule has 2 fully saturated rings. The lowest BCUT2D eigenvalue weighted by Gasteiger charge is -2.38. The van der Waals surface area contributed by atoms with Gasteiger partial charge in [0.2, 0.25) is 5.82 Å². The first-order valence-electron chi connectivity index (χ1n) is 13.6. The number of allylic oxidation sites excluding steroid dienone is 1. The predicted octanol–water partition coefficient (Wildman–Crippen LogP) is 9.75. The van der Waals surface area contributed by atoms with E-state index in [-0.39, 0.29) is 22.8 Å². The summed E-state index contributed by atoms with van der Waals surface area (Å²) in [7, 11) is 1.22. The van der Waals surface area contributed by atoms with Gasteiger partial charge in [-0.25, -0.2) is 13.2 Å². The van der Waals surface area contributed by atoms with Gasteiger partial charge in [-0.15, -0.1) is 6.58 Å². The fraction of sp³-hybridized carbons (Fsp3) is 0.548. The number of halogens is 4. The van der Waals surface area contributed by atoms with Crippen molar-refractivity contribution < 1.29 is 22.3 Å². The summed E-state index contributed by atoms with van der Waals surface area (Å²) in [4.78, 5) is 0. The van der Waals surface area contributed by atoms with Crippen LogP contribution in [0.4, 0.5) is 17.6 Å². The van der Waals surface area contributed by atoms with Crippen molar-refractivity contribution in [2.45, 2.75) is 83.0 Å². The molecule has 0 unspecified atom stereocenters. The SMILES string of the molecule is C=CCCCCC1CCC(C2CCC(c3ccc(-c4ccc(OC)c(F)c4F)c(F)c3F)CC2)CC1. The highest BCUT2D eigenvalue weighted by molar-refractivity contribution is 5.66. The number of methoxy groups -OCH3 is 1. The van der Waals surface area contributed by atoms with Crippen LogP contribution in [0.15, 0.2) is 36.9 Å². The molecule has 0 N–H and O–H groups in total. The van der Waals surface area contributed by atoms with Crippen LogP contribution in [-0.4, -0.2) is 7.11 Å². The maximum Gasteiger partial charge on any atom is 0.201 e. The lowest BCUT2D eigenvalue weighted by atomic mass is 9.68. The van der Waals surface area contributed by atoms with Crippen LogP contribution in [0.1, 0.15) is 88.5 Å². The summed E-state index contributed by atoms with van der Waals surface area (Å²) in [6.07, 6.45) is 16.0. The number of unbranched alkanes of at least 4 members (excludes halogenated alkanes) is 2. The second kappa shape index (κ2) is 12.3. The second-order valence-corrected chi connectivity index (χ2v) is 10.7. The van der Waals surface area contributed by atoms with Crippen LogP contribution >= 0.6 is 0 Å². The molecular formula is C31H38F4O. The summed E-state index contributed by atoms with van der Waals surface area (Å²) in [5.41, 5.74) is -0.228. The van der Waals surface area contributed by atoms with E-state index in [0.717, 1.165) is 43.9 Å². The zero-order valence-corrected chi connectivity index (χ0v) is 21.3. The maximum absolute atomic E-state index is 15.1. The molecule has 2 aromatic carbocycles. The average molecular weight is 503 g/mol. The van der Waals surface area contributed by atoms with E-state index in [1.165, 1.54) is 70.3 Å². The molecule has 0 saturated heterocycles. The van der Waals surface area contributed by atoms with Crippen molar-refractivity contribution in [1.82, 2.24) is 0 Å². The zero-order valence-electron chi connectivity index (χ0n) is 21.3. The smallest absolute Gasteiger partial charge is 0.201 e. The Bertz CT molecular complexity index is 1030. The van der Waals surface area contributed by atoms with Crippen molar-refractivity contribution in [2.75, 3.05) is 7.11 Å². The second-order valence-electron chi connectivity index (χ2n) is 10.7. The van der Waals surface area contributed by atoms with E-state index in [2.05, 4.69) is 6.58 Å². The van der Waals surface area contributed by atoms with Crippen molar-refractivity contribution in [2.24, 2.45) is 17.8 Å². The Morgan fingerprint density at radius 3 is 1.94 bits per heavy atom. The first kappa shape index (κ1) is 26.8. The lowest BCUT2D eigenvalue weighted by Crippen LogP contribution is -2.25. The van der Waals surface area contributed by atoms with Gasteiger partial charge in [0.25, 0.3) is 0 Å². The van der Waals surface area contributed by atoms with Crippen LogP contribution in [-0.2, 0) is 0 Å². The van der Waals surface area contributed by atoms with Crippen molar-refractivity contribution in [3.05, 3.63) is 65.8 Å². The summed E-state index contributed by atoms with van der Waals surface area (Å²) in [5.74, 6) is -2.54. The first-order chi connectivity index (χ1) is 17.4. The molecule has 0 bridgehead atoms. The molecule has 2 aliphatic carbocycles. The molecule has 0 amide bonds. The minimum Gasteiger partial charge on any atom is -0.494 e. The third kappa shape index (κ3) is 5.81. The fourth-order valence-electron chi connectivity index (χ4n) is 6.56. The molecule has 5 heteroatoms. The van der Waals surface area contributed by atoms with Crippen LogP contribution in [0, 0.1) is 41.0 Å². The predicted molar refractivity (Wildman–Crippen MR) is 137 cm³/mol. The highest BCUT2D eigenvalue weighted by Crippen LogP contribution is 2.45. The summed E-state index contributed by atoms with van der Waals surface area (Å²) in [6.45, 7) is 3.80. The van der Waals surface area contributed by atoms with Gasteiger partial charge < -0.3 is 4.74 Å². The van der Waals surface area contributed by atoms with E-state index in [1.54, 1.807) is 6.07 Å². The largest absolute Gasteiger partial charge is 0.494 e. The van der Waals surface area contributed by atoms with Gasteiger partial charge in [-0.1, -0.05) is 43.9 Å². The fourth-order valence-corrected chi connectivity index (χ4v) is 6.56. The standard InChI is InChI=1S/C31H38F4O/c1-3-4-5-6-7-20-8-10-21(11-9-20)22-12-14-23(15-13-22)24-16-17-25(29(33)28(24)32)26-18-19-27(36-2)31(35)30(26)34/h3,16-23H,1,4-15H2,2H3. The number of ether oxygens (including phenoxy) is 1. The quantitative estimate of drug-likeness (QED) is 0.188. The number of benzene rings is 2. The molecule has 0 heterocycles. The van der Waals surface area contributed by atoms with E-state index in [0.29, 0.717) is 11.5 Å². The van der Waals surface area contributed by atoms with Gasteiger partial charge in [-0.3, -0.25) is 0 Å². The molecular weight excluding hydrogens is 464 g/mol. The van der Waals surface area contributed by atoms with Gasteiger partial charge in [-0.2, -0.15) is 4.39 Å². The molecule has 4 rings (SSSR count). The van der Waals surface area contributed by atoms with E-state index < -0.39 is 23.3 Å². The molecule has 36 heavy (non-hydrogen) atoms. The Morgan fingerprint density at radius 2 is 1.33 bits per heavy atom. The monoisotopic (exact) mass is 502 g/mol. The maximum atomic E-state index is 15.1. The molecule has 1 nitrogen and oxygen atoms in total. The minimum atomic E-state index is -1.24. The third-order valence-electron chi connectivity index (χ3n) is 8.71. The lowest BCUT2D eigenvalue weighted by molar-refractivity contribution is 0.155. The van der Waals surface area contributed by atoms with Gasteiger partial charge in [0.1, 0.15) is 0 Å². The topological polar surface area (TPSA) is 9.23 Å². The van der Waals surface area contributed by atoms with Gasteiger partial charge in [0, 0.05) is 11.1 Å². The van der Waals surface area contributed by atoms with E-state index >= 15 is 8.78 Å². The van der Waals surface area contributed by atoms with Crippen LogP contribution in [0.5, 0.6) is 5.75 Å². The number of hydrogen-bond acceptors (Lipinski definition) is 1. The third-order valence-corrected chi connectivity index (χ3v) is 8.71. The Morgan fingerprint density at radius 1 is 0.750 bits per heavy atom. The van der Waals surface area contributed by atoms with E-state index in [1.807, 2.05) is 6.08 Å². The molecule has 0 aliphatic heterocycles. The molecule has 2 saturated carbocycles. The van der Waals surface area contributed by atoms with Gasteiger partial charge in [-0.05, 0) is 92.7 Å². The van der Waals surface area contributed by atoms with E-state index in [9.17, 15) is 8.78 Å². The van der Waals surface area contributed by atoms with Crippen molar-refractivity contribution in [3.63, 3.8) is 0 Å². The molecule has 2 aromatic rings. The van der Waals surface area contributed by atoms with Crippen LogP contribution in [0.25, 0.3) is 11.1 Å². The van der Waals surface area contributed by atoms with Crippen LogP contribution < -0.4 is 4.74 Å². The summed E-state index contributed by atoms with van der Waals surface area (Å²) in [5, 5.41) is 0. The van der Waals surface area contributed by atoms with Gasteiger partial charge >= 0.3 is 0 Å². The van der Waals surface area contributed by atoms with Crippen LogP contribution in [0.2, 0.25) is 0 Å². The molecule has 0 atom stereocenters. The number of rotatable bonds is 9. The van der Waals surface area contributed by atoms with Gasteiger partial charge in [0.15, 0.2) is 23.2 Å². The Kier molecular flexibility index (Phi) is 9.14. The zero-order chi connectivity index (χ0) is 25.7. The Balaban J connectivity index is 1.35. The molecule has 0 spiro atoms. The molecule has 0 aromatic heterocycles. The van der Waals surface area contributed by atoms with Crippen molar-refractivity contribution >= 4 is 0 Å². The Hall–Kier alpha value is -2.30. The highest BCUT2D eigenvalue weighted by atomic mass is 19.2. The Labute approximate surface area is 212 Å². The van der Waals surface area contributed by atoms with Crippen molar-refractivity contribution in [1.29, 1.82) is 0 Å². The van der Waals surface area contributed by atoms with E-state index in [4.69, 9.17) is 4.74 Å². The summed E-state index contributed by atoms with van der Waals surface area (Å²) >= 11 is 0. The first-order valence-corrected chi connectivity index (χ1v) is 13.6. The molecule has 0 radical (unpaired) electrons. The van der Waals surface area contributed by atoms with Crippen LogP contribution in [0.3, 0.4) is 0 Å². The average Bonchev–Trinajstić information content (AvgIpc) is 2.91. The summed E-state index contributed by atoms with van der Waals surface area (Å²) in [6, 6.07) is 5.37. The molecule has 196 valence electrons. The van der Waals surface area contributed by atoms with Gasteiger partial charge in [0.05, 0.1) is 7.11 Å². The summed E-state index contributed by atoms with van der Waals surface area (Å²) < 4.78 is 63.5.